The molecule has 1 saturated heterocycles. The summed E-state index contributed by atoms with van der Waals surface area (Å²) >= 11 is 12.4. The molecule has 0 amide bonds. The molecule has 164 valence electrons. The SMILES string of the molecule is O=S(=O)(N=C(Cl)N1CCC(c2ccccc2)C(c2ccc(Cl)cc2)=N1)N1CCCCC1. The summed E-state index contributed by atoms with van der Waals surface area (Å²) in [6.45, 7) is 1.42. The van der Waals surface area contributed by atoms with Gasteiger partial charge in [0.25, 0.3) is 0 Å². The number of nitrogens with zero attached hydrogens (tertiary/aromatic N) is 4. The number of hydrazone groups is 1. The first kappa shape index (κ1) is 22.3. The fraction of sp³-hybridized carbons (Fsp3) is 0.364. The Bertz CT molecular complexity index is 1070. The van der Waals surface area contributed by atoms with E-state index >= 15 is 0 Å². The van der Waals surface area contributed by atoms with Gasteiger partial charge in [-0.1, -0.05) is 60.5 Å². The topological polar surface area (TPSA) is 65.3 Å². The van der Waals surface area contributed by atoms with Crippen molar-refractivity contribution in [3.63, 3.8) is 0 Å². The van der Waals surface area contributed by atoms with Crippen molar-refractivity contribution < 1.29 is 8.42 Å². The van der Waals surface area contributed by atoms with Crippen LogP contribution in [0.2, 0.25) is 5.02 Å². The van der Waals surface area contributed by atoms with Crippen molar-refractivity contribution >= 4 is 44.4 Å². The summed E-state index contributed by atoms with van der Waals surface area (Å²) < 4.78 is 30.6. The van der Waals surface area contributed by atoms with Crippen LogP contribution in [0.3, 0.4) is 0 Å². The average molecular weight is 479 g/mol. The molecule has 1 fully saturated rings. The average Bonchev–Trinajstić information content (AvgIpc) is 2.80. The van der Waals surface area contributed by atoms with E-state index in [2.05, 4.69) is 16.5 Å². The highest BCUT2D eigenvalue weighted by molar-refractivity contribution is 7.88. The largest absolute Gasteiger partial charge is 0.325 e. The molecule has 0 spiro atoms. The lowest BCUT2D eigenvalue weighted by Crippen LogP contribution is -2.37. The van der Waals surface area contributed by atoms with Crippen molar-refractivity contribution in [3.8, 4) is 0 Å². The summed E-state index contributed by atoms with van der Waals surface area (Å²) in [5.74, 6) is 0.0572. The van der Waals surface area contributed by atoms with Gasteiger partial charge in [-0.15, -0.1) is 4.40 Å². The third-order valence-corrected chi connectivity index (χ3v) is 7.63. The molecule has 2 aromatic carbocycles. The van der Waals surface area contributed by atoms with E-state index in [1.54, 1.807) is 0 Å². The van der Waals surface area contributed by atoms with Crippen molar-refractivity contribution in [1.82, 2.24) is 9.31 Å². The van der Waals surface area contributed by atoms with Crippen LogP contribution in [0.25, 0.3) is 0 Å². The number of piperidine rings is 1. The molecule has 0 N–H and O–H groups in total. The molecule has 0 saturated carbocycles. The molecule has 31 heavy (non-hydrogen) atoms. The highest BCUT2D eigenvalue weighted by Gasteiger charge is 2.29. The van der Waals surface area contributed by atoms with Crippen LogP contribution < -0.4 is 0 Å². The summed E-state index contributed by atoms with van der Waals surface area (Å²) in [5.41, 5.74) is 2.86. The van der Waals surface area contributed by atoms with Crippen molar-refractivity contribution in [2.24, 2.45) is 9.50 Å². The van der Waals surface area contributed by atoms with Gasteiger partial charge in [0.15, 0.2) is 0 Å². The number of rotatable bonds is 4. The number of hydrogen-bond donors (Lipinski definition) is 0. The van der Waals surface area contributed by atoms with E-state index in [0.717, 1.165) is 42.5 Å². The third-order valence-electron chi connectivity index (χ3n) is 5.58. The molecule has 0 bridgehead atoms. The fourth-order valence-electron chi connectivity index (χ4n) is 3.96. The van der Waals surface area contributed by atoms with Crippen molar-refractivity contribution in [2.75, 3.05) is 19.6 Å². The third kappa shape index (κ3) is 5.29. The van der Waals surface area contributed by atoms with Crippen LogP contribution in [0, 0.1) is 0 Å². The van der Waals surface area contributed by atoms with E-state index in [9.17, 15) is 8.42 Å². The minimum atomic E-state index is -3.82. The molecule has 1 unspecified atom stereocenters. The van der Waals surface area contributed by atoms with Gasteiger partial charge in [0.1, 0.15) is 0 Å². The van der Waals surface area contributed by atoms with Gasteiger partial charge < -0.3 is 0 Å². The molecular weight excluding hydrogens is 455 g/mol. The highest BCUT2D eigenvalue weighted by atomic mass is 35.5. The Morgan fingerprint density at radius 3 is 2.32 bits per heavy atom. The molecule has 2 aliphatic heterocycles. The summed E-state index contributed by atoms with van der Waals surface area (Å²) in [6, 6.07) is 17.6. The van der Waals surface area contributed by atoms with Crippen LogP contribution >= 0.6 is 23.2 Å². The van der Waals surface area contributed by atoms with Crippen molar-refractivity contribution in [2.45, 2.75) is 31.6 Å². The molecule has 0 aromatic heterocycles. The van der Waals surface area contributed by atoms with E-state index in [-0.39, 0.29) is 11.2 Å². The summed E-state index contributed by atoms with van der Waals surface area (Å²) in [4.78, 5) is 0. The predicted molar refractivity (Wildman–Crippen MR) is 126 cm³/mol. The fourth-order valence-corrected chi connectivity index (χ4v) is 5.59. The Labute approximate surface area is 193 Å². The molecule has 4 rings (SSSR count). The van der Waals surface area contributed by atoms with Crippen molar-refractivity contribution in [3.05, 3.63) is 70.7 Å². The standard InChI is InChI=1S/C22H24Cl2N4O2S/c23-19-11-9-18(10-12-19)21-20(17-7-3-1-4-8-17)13-16-28(25-21)22(24)26-31(29,30)27-14-5-2-6-15-27/h1,3-4,7-12,20H,2,5-6,13-16H2. The Morgan fingerprint density at radius 1 is 0.968 bits per heavy atom. The lowest BCUT2D eigenvalue weighted by molar-refractivity contribution is 0.346. The lowest BCUT2D eigenvalue weighted by atomic mass is 9.86. The zero-order valence-corrected chi connectivity index (χ0v) is 19.3. The van der Waals surface area contributed by atoms with E-state index in [1.807, 2.05) is 42.5 Å². The maximum Gasteiger partial charge on any atom is 0.325 e. The van der Waals surface area contributed by atoms with Gasteiger partial charge in [-0.05, 0) is 54.1 Å². The second-order valence-corrected chi connectivity index (χ2v) is 10.0. The first-order valence-electron chi connectivity index (χ1n) is 10.4. The monoisotopic (exact) mass is 478 g/mol. The van der Waals surface area contributed by atoms with Gasteiger partial charge in [0.2, 0.25) is 5.29 Å². The Kier molecular flexibility index (Phi) is 6.96. The Morgan fingerprint density at radius 2 is 1.65 bits per heavy atom. The summed E-state index contributed by atoms with van der Waals surface area (Å²) in [5, 5.41) is 6.71. The van der Waals surface area contributed by atoms with Crippen LogP contribution in [0.15, 0.2) is 64.1 Å². The molecule has 0 aliphatic carbocycles. The van der Waals surface area contributed by atoms with E-state index < -0.39 is 10.2 Å². The maximum atomic E-state index is 12.7. The zero-order valence-electron chi connectivity index (χ0n) is 17.0. The van der Waals surface area contributed by atoms with Crippen LogP contribution in [-0.4, -0.2) is 48.4 Å². The van der Waals surface area contributed by atoms with Gasteiger partial charge in [-0.2, -0.15) is 17.8 Å². The van der Waals surface area contributed by atoms with Gasteiger partial charge in [0, 0.05) is 30.6 Å². The number of hydrogen-bond acceptors (Lipinski definition) is 3. The van der Waals surface area contributed by atoms with Gasteiger partial charge in [-0.3, -0.25) is 0 Å². The van der Waals surface area contributed by atoms with Crippen LogP contribution in [-0.2, 0) is 10.2 Å². The Balaban J connectivity index is 1.67. The molecular formula is C22H24Cl2N4O2S. The molecule has 2 heterocycles. The van der Waals surface area contributed by atoms with Gasteiger partial charge in [-0.25, -0.2) is 5.01 Å². The maximum absolute atomic E-state index is 12.7. The van der Waals surface area contributed by atoms with E-state index in [0.29, 0.717) is 24.7 Å². The van der Waals surface area contributed by atoms with E-state index in [4.69, 9.17) is 28.3 Å². The highest BCUT2D eigenvalue weighted by Crippen LogP contribution is 2.30. The molecule has 0 radical (unpaired) electrons. The summed E-state index contributed by atoms with van der Waals surface area (Å²) in [7, 11) is -3.82. The predicted octanol–water partition coefficient (Wildman–Crippen LogP) is 4.86. The minimum Gasteiger partial charge on any atom is -0.237 e. The zero-order chi connectivity index (χ0) is 21.8. The number of amidine groups is 1. The molecule has 6 nitrogen and oxygen atoms in total. The van der Waals surface area contributed by atoms with Crippen LogP contribution in [0.4, 0.5) is 0 Å². The summed E-state index contributed by atoms with van der Waals surface area (Å²) in [6.07, 6.45) is 3.44. The quantitative estimate of drug-likeness (QED) is 0.358. The van der Waals surface area contributed by atoms with Crippen LogP contribution in [0.5, 0.6) is 0 Å². The van der Waals surface area contributed by atoms with Gasteiger partial charge in [0.05, 0.1) is 5.71 Å². The molecule has 2 aromatic rings. The lowest BCUT2D eigenvalue weighted by Gasteiger charge is -2.30. The number of halogens is 2. The normalized spacial score (nSPS) is 21.1. The molecule has 1 atom stereocenters. The number of benzene rings is 2. The molecule has 2 aliphatic rings. The van der Waals surface area contributed by atoms with E-state index in [1.165, 1.54) is 9.31 Å². The van der Waals surface area contributed by atoms with Gasteiger partial charge >= 0.3 is 10.2 Å². The second-order valence-electron chi connectivity index (χ2n) is 7.67. The smallest absolute Gasteiger partial charge is 0.237 e. The molecule has 9 heteroatoms. The van der Waals surface area contributed by atoms with Crippen LogP contribution in [0.1, 0.15) is 42.7 Å². The van der Waals surface area contributed by atoms with Crippen molar-refractivity contribution in [1.29, 1.82) is 0 Å². The first-order chi connectivity index (χ1) is 14.9. The minimum absolute atomic E-state index is 0.0572. The Hall–Kier alpha value is -1.93. The second kappa shape index (κ2) is 9.69. The first-order valence-corrected chi connectivity index (χ1v) is 12.5.